The van der Waals surface area contributed by atoms with E-state index in [1.54, 1.807) is 29.2 Å². The van der Waals surface area contributed by atoms with Crippen molar-refractivity contribution >= 4 is 23.5 Å². The van der Waals surface area contributed by atoms with E-state index in [0.29, 0.717) is 17.1 Å². The summed E-state index contributed by atoms with van der Waals surface area (Å²) in [5.74, 6) is -0.617. The zero-order valence-corrected chi connectivity index (χ0v) is 20.1. The van der Waals surface area contributed by atoms with Gasteiger partial charge in [-0.2, -0.15) is 5.10 Å². The summed E-state index contributed by atoms with van der Waals surface area (Å²) in [6.45, 7) is 1.81. The topological polar surface area (TPSA) is 104 Å². The summed E-state index contributed by atoms with van der Waals surface area (Å²) in [6.07, 6.45) is 5.68. The number of amides is 1. The van der Waals surface area contributed by atoms with Gasteiger partial charge in [0.15, 0.2) is 6.04 Å². The first-order valence-electron chi connectivity index (χ1n) is 11.0. The van der Waals surface area contributed by atoms with E-state index in [9.17, 15) is 9.59 Å². The second-order valence-electron chi connectivity index (χ2n) is 8.09. The molecule has 2 aromatic heterocycles. The number of hydrogen-bond acceptors (Lipinski definition) is 6. The number of carbonyl (C=O) groups excluding carboxylic acids is 2. The first kappa shape index (κ1) is 24.2. The molecule has 4 aromatic rings. The molecule has 10 heteroatoms. The molecule has 0 spiro atoms. The molecule has 2 aromatic carbocycles. The van der Waals surface area contributed by atoms with E-state index in [0.717, 1.165) is 16.8 Å². The van der Waals surface area contributed by atoms with Crippen LogP contribution >= 0.6 is 11.6 Å². The van der Waals surface area contributed by atoms with Gasteiger partial charge >= 0.3 is 5.97 Å². The molecule has 1 N–H and O–H groups in total. The smallest absolute Gasteiger partial charge is 0.331 e. The van der Waals surface area contributed by atoms with Crippen LogP contribution in [-0.2, 0) is 27.2 Å². The maximum atomic E-state index is 12.6. The number of nitrogens with zero attached hydrogens (tertiary/aromatic N) is 5. The molecule has 2 heterocycles. The lowest BCUT2D eigenvalue weighted by Gasteiger charge is -2.15. The minimum Gasteiger partial charge on any atom is -0.467 e. The second-order valence-corrected chi connectivity index (χ2v) is 8.52. The Labute approximate surface area is 207 Å². The van der Waals surface area contributed by atoms with E-state index in [2.05, 4.69) is 20.7 Å². The summed E-state index contributed by atoms with van der Waals surface area (Å²) < 4.78 is 8.15. The number of ether oxygens (including phenoxy) is 1. The van der Waals surface area contributed by atoms with Gasteiger partial charge in [0.05, 0.1) is 37.7 Å². The molecule has 35 heavy (non-hydrogen) atoms. The van der Waals surface area contributed by atoms with E-state index < -0.39 is 18.1 Å². The van der Waals surface area contributed by atoms with Gasteiger partial charge in [-0.3, -0.25) is 4.79 Å². The van der Waals surface area contributed by atoms with Gasteiger partial charge in [0, 0.05) is 17.6 Å². The van der Waals surface area contributed by atoms with Gasteiger partial charge in [-0.15, -0.1) is 5.10 Å². The van der Waals surface area contributed by atoms with Crippen LogP contribution in [0.25, 0.3) is 5.69 Å². The van der Waals surface area contributed by atoms with Crippen LogP contribution in [-0.4, -0.2) is 43.8 Å². The normalized spacial score (nSPS) is 12.7. The lowest BCUT2D eigenvalue weighted by Crippen LogP contribution is -2.28. The highest BCUT2D eigenvalue weighted by Crippen LogP contribution is 2.19. The lowest BCUT2D eigenvalue weighted by atomic mass is 10.1. The predicted molar refractivity (Wildman–Crippen MR) is 130 cm³/mol. The van der Waals surface area contributed by atoms with Gasteiger partial charge in [-0.05, 0) is 42.3 Å². The number of methoxy groups -OCH3 is 1. The molecular formula is C25H25ClN6O3. The van der Waals surface area contributed by atoms with Crippen LogP contribution in [0.4, 0.5) is 0 Å². The van der Waals surface area contributed by atoms with E-state index in [-0.39, 0.29) is 12.3 Å². The summed E-state index contributed by atoms with van der Waals surface area (Å²) in [7, 11) is 1.33. The molecule has 0 bridgehead atoms. The predicted octanol–water partition coefficient (Wildman–Crippen LogP) is 3.49. The minimum absolute atomic E-state index is 0.173. The Bertz CT molecular complexity index is 1290. The minimum atomic E-state index is -0.700. The average molecular weight is 493 g/mol. The average Bonchev–Trinajstić information content (AvgIpc) is 3.54. The molecule has 0 saturated carbocycles. The first-order valence-corrected chi connectivity index (χ1v) is 11.4. The van der Waals surface area contributed by atoms with Crippen LogP contribution in [0.15, 0.2) is 73.2 Å². The summed E-state index contributed by atoms with van der Waals surface area (Å²) in [4.78, 5) is 25.1. The molecule has 180 valence electrons. The first-order chi connectivity index (χ1) is 16.9. The highest BCUT2D eigenvalue weighted by Gasteiger charge is 2.25. The molecule has 9 nitrogen and oxygen atoms in total. The quantitative estimate of drug-likeness (QED) is 0.359. The monoisotopic (exact) mass is 492 g/mol. The van der Waals surface area contributed by atoms with Crippen molar-refractivity contribution in [3.8, 4) is 5.69 Å². The number of benzene rings is 2. The van der Waals surface area contributed by atoms with Crippen LogP contribution in [0, 0.1) is 0 Å². The standard InChI is InChI=1S/C25H25ClN6O3/c1-17(28-24(33)13-19-14-27-31(15-19)21-6-4-3-5-7-21)22-16-32(30-29-22)23(25(34)35-2)12-18-8-10-20(26)11-9-18/h3-11,14-17,23H,12-13H2,1-2H3,(H,28,33). The Morgan fingerprint density at radius 2 is 1.80 bits per heavy atom. The molecule has 0 aliphatic heterocycles. The van der Waals surface area contributed by atoms with Crippen LogP contribution in [0.3, 0.4) is 0 Å². The van der Waals surface area contributed by atoms with Gasteiger partial charge in [0.1, 0.15) is 5.69 Å². The Hall–Kier alpha value is -3.98. The number of halogens is 1. The summed E-state index contributed by atoms with van der Waals surface area (Å²) >= 11 is 5.96. The van der Waals surface area contributed by atoms with Crippen LogP contribution in [0.2, 0.25) is 5.02 Å². The van der Waals surface area contributed by atoms with Gasteiger partial charge in [0.2, 0.25) is 5.91 Å². The van der Waals surface area contributed by atoms with E-state index in [1.165, 1.54) is 11.8 Å². The summed E-state index contributed by atoms with van der Waals surface area (Å²) in [6, 6.07) is 15.8. The van der Waals surface area contributed by atoms with Crippen molar-refractivity contribution in [2.45, 2.75) is 31.8 Å². The SMILES string of the molecule is COC(=O)C(Cc1ccc(Cl)cc1)n1cc(C(C)NC(=O)Cc2cnn(-c3ccccc3)c2)nn1. The highest BCUT2D eigenvalue weighted by molar-refractivity contribution is 6.30. The Kier molecular flexibility index (Phi) is 7.57. The number of nitrogens with one attached hydrogen (secondary N) is 1. The fourth-order valence-corrected chi connectivity index (χ4v) is 3.76. The molecule has 1 amide bonds. The van der Waals surface area contributed by atoms with Crippen LogP contribution in [0.5, 0.6) is 0 Å². The Morgan fingerprint density at radius 1 is 1.06 bits per heavy atom. The third kappa shape index (κ3) is 6.13. The third-order valence-corrected chi connectivity index (χ3v) is 5.76. The largest absolute Gasteiger partial charge is 0.467 e. The third-order valence-electron chi connectivity index (χ3n) is 5.51. The lowest BCUT2D eigenvalue weighted by molar-refractivity contribution is -0.145. The van der Waals surface area contributed by atoms with Crippen LogP contribution in [0.1, 0.15) is 35.8 Å². The number of aromatic nitrogens is 5. The van der Waals surface area contributed by atoms with Gasteiger partial charge in [0.25, 0.3) is 0 Å². The molecule has 0 aliphatic rings. The zero-order valence-electron chi connectivity index (χ0n) is 19.3. The van der Waals surface area contributed by atoms with Crippen LogP contribution < -0.4 is 5.32 Å². The molecule has 0 radical (unpaired) electrons. The number of rotatable bonds is 9. The van der Waals surface area contributed by atoms with Crippen molar-refractivity contribution in [1.29, 1.82) is 0 Å². The number of para-hydroxylation sites is 1. The molecule has 0 fully saturated rings. The van der Waals surface area contributed by atoms with E-state index >= 15 is 0 Å². The van der Waals surface area contributed by atoms with Crippen molar-refractivity contribution in [2.75, 3.05) is 7.11 Å². The molecule has 2 unspecified atom stereocenters. The number of esters is 1. The van der Waals surface area contributed by atoms with Gasteiger partial charge < -0.3 is 10.1 Å². The summed E-state index contributed by atoms with van der Waals surface area (Å²) in [5.41, 5.74) is 3.14. The number of carbonyl (C=O) groups is 2. The van der Waals surface area contributed by atoms with E-state index in [4.69, 9.17) is 16.3 Å². The van der Waals surface area contributed by atoms with Gasteiger partial charge in [-0.1, -0.05) is 47.1 Å². The summed E-state index contributed by atoms with van der Waals surface area (Å²) in [5, 5.41) is 16.1. The van der Waals surface area contributed by atoms with Crippen molar-refractivity contribution < 1.29 is 14.3 Å². The fraction of sp³-hybridized carbons (Fsp3) is 0.240. The van der Waals surface area contributed by atoms with Crippen molar-refractivity contribution in [3.05, 3.63) is 95.0 Å². The Morgan fingerprint density at radius 3 is 2.51 bits per heavy atom. The highest BCUT2D eigenvalue weighted by atomic mass is 35.5. The van der Waals surface area contributed by atoms with Crippen molar-refractivity contribution in [1.82, 2.24) is 30.1 Å². The number of hydrogen-bond donors (Lipinski definition) is 1. The zero-order chi connectivity index (χ0) is 24.8. The Balaban J connectivity index is 1.39. The van der Waals surface area contributed by atoms with Crippen molar-refractivity contribution in [3.63, 3.8) is 0 Å². The molecule has 4 rings (SSSR count). The molecule has 0 aliphatic carbocycles. The fourth-order valence-electron chi connectivity index (χ4n) is 3.63. The van der Waals surface area contributed by atoms with Gasteiger partial charge in [-0.25, -0.2) is 14.2 Å². The maximum Gasteiger partial charge on any atom is 0.331 e. The molecule has 2 atom stereocenters. The van der Waals surface area contributed by atoms with E-state index in [1.807, 2.05) is 55.6 Å². The molecular weight excluding hydrogens is 468 g/mol. The maximum absolute atomic E-state index is 12.6. The van der Waals surface area contributed by atoms with Crippen molar-refractivity contribution in [2.24, 2.45) is 0 Å². The molecule has 0 saturated heterocycles. The second kappa shape index (κ2) is 11.0.